The number of piperidine rings is 1. The summed E-state index contributed by atoms with van der Waals surface area (Å²) in [5.41, 5.74) is 3.40. The standard InChI is InChI=1S/C22H36N6O2/c1-17-19(18(2)28(26-17)12-14-29-4)15-24-22(23-3)25-16-20(21-9-8-13-30-21)27-10-6-5-7-11-27/h8-9,13,20H,5-7,10-12,14-16H2,1-4H3,(H2,23,24,25). The number of aryl methyl sites for hydroxylation is 1. The molecule has 1 aliphatic heterocycles. The minimum absolute atomic E-state index is 0.208. The number of furan rings is 1. The Labute approximate surface area is 179 Å². The lowest BCUT2D eigenvalue weighted by Gasteiger charge is -2.33. The van der Waals surface area contributed by atoms with Crippen molar-refractivity contribution in [3.63, 3.8) is 0 Å². The van der Waals surface area contributed by atoms with Crippen LogP contribution in [-0.4, -0.2) is 61.0 Å². The fourth-order valence-corrected chi connectivity index (χ4v) is 4.09. The fourth-order valence-electron chi connectivity index (χ4n) is 4.09. The molecule has 0 aliphatic carbocycles. The fraction of sp³-hybridized carbons (Fsp3) is 0.636. The number of nitrogens with one attached hydrogen (secondary N) is 2. The number of aromatic nitrogens is 2. The molecule has 30 heavy (non-hydrogen) atoms. The Bertz CT molecular complexity index is 793. The first-order valence-corrected chi connectivity index (χ1v) is 10.9. The van der Waals surface area contributed by atoms with Gasteiger partial charge in [-0.1, -0.05) is 6.42 Å². The van der Waals surface area contributed by atoms with Gasteiger partial charge in [0.05, 0.1) is 31.2 Å². The molecule has 0 bridgehead atoms. The van der Waals surface area contributed by atoms with Gasteiger partial charge in [0.25, 0.3) is 0 Å². The van der Waals surface area contributed by atoms with Crippen LogP contribution in [0.4, 0.5) is 0 Å². The molecule has 2 aromatic heterocycles. The van der Waals surface area contributed by atoms with Gasteiger partial charge < -0.3 is 19.8 Å². The Morgan fingerprint density at radius 2 is 2.07 bits per heavy atom. The topological polar surface area (TPSA) is 79.8 Å². The normalized spacial score (nSPS) is 16.6. The van der Waals surface area contributed by atoms with Gasteiger partial charge in [0.1, 0.15) is 5.76 Å². The number of hydrogen-bond donors (Lipinski definition) is 2. The number of nitrogens with zero attached hydrogens (tertiary/aromatic N) is 4. The predicted molar refractivity (Wildman–Crippen MR) is 119 cm³/mol. The monoisotopic (exact) mass is 416 g/mol. The summed E-state index contributed by atoms with van der Waals surface area (Å²) >= 11 is 0. The smallest absolute Gasteiger partial charge is 0.191 e. The lowest BCUT2D eigenvalue weighted by Crippen LogP contribution is -2.44. The second kappa shape index (κ2) is 11.2. The number of guanidine groups is 1. The van der Waals surface area contributed by atoms with E-state index in [9.17, 15) is 0 Å². The zero-order valence-electron chi connectivity index (χ0n) is 18.8. The van der Waals surface area contributed by atoms with E-state index >= 15 is 0 Å². The summed E-state index contributed by atoms with van der Waals surface area (Å²) in [7, 11) is 3.52. The van der Waals surface area contributed by atoms with Gasteiger partial charge >= 0.3 is 0 Å². The second-order valence-electron chi connectivity index (χ2n) is 7.80. The average molecular weight is 417 g/mol. The number of methoxy groups -OCH3 is 1. The highest BCUT2D eigenvalue weighted by Crippen LogP contribution is 2.24. The van der Waals surface area contributed by atoms with Gasteiger partial charge in [-0.3, -0.25) is 14.6 Å². The summed E-state index contributed by atoms with van der Waals surface area (Å²) in [6.07, 6.45) is 5.56. The van der Waals surface area contributed by atoms with E-state index in [0.717, 1.165) is 49.3 Å². The summed E-state index contributed by atoms with van der Waals surface area (Å²) in [4.78, 5) is 6.93. The van der Waals surface area contributed by atoms with Crippen molar-refractivity contribution in [2.24, 2.45) is 4.99 Å². The summed E-state index contributed by atoms with van der Waals surface area (Å²) in [6.45, 7) is 9.21. The van der Waals surface area contributed by atoms with E-state index in [2.05, 4.69) is 38.6 Å². The molecule has 0 spiro atoms. The average Bonchev–Trinajstić information content (AvgIpc) is 3.39. The van der Waals surface area contributed by atoms with E-state index in [0.29, 0.717) is 13.2 Å². The van der Waals surface area contributed by atoms with Crippen molar-refractivity contribution in [3.05, 3.63) is 41.1 Å². The molecule has 8 heteroatoms. The van der Waals surface area contributed by atoms with Crippen LogP contribution in [0.15, 0.2) is 27.8 Å². The SMILES string of the molecule is CN=C(NCc1c(C)nn(CCOC)c1C)NCC(c1ccco1)N1CCCCC1. The summed E-state index contributed by atoms with van der Waals surface area (Å²) in [5, 5.41) is 11.6. The number of ether oxygens (including phenoxy) is 1. The van der Waals surface area contributed by atoms with Crippen LogP contribution in [0.1, 0.15) is 48.0 Å². The van der Waals surface area contributed by atoms with Crippen LogP contribution in [0.25, 0.3) is 0 Å². The maximum Gasteiger partial charge on any atom is 0.191 e. The number of likely N-dealkylation sites (tertiary alicyclic amines) is 1. The highest BCUT2D eigenvalue weighted by Gasteiger charge is 2.24. The zero-order chi connectivity index (χ0) is 21.3. The Kier molecular flexibility index (Phi) is 8.33. The highest BCUT2D eigenvalue weighted by atomic mass is 16.5. The third-order valence-corrected chi connectivity index (χ3v) is 5.86. The van der Waals surface area contributed by atoms with Gasteiger partial charge in [-0.2, -0.15) is 5.10 Å². The Morgan fingerprint density at radius 3 is 2.73 bits per heavy atom. The molecule has 0 aromatic carbocycles. The van der Waals surface area contributed by atoms with Gasteiger partial charge in [-0.05, 0) is 51.9 Å². The maximum absolute atomic E-state index is 5.75. The molecular formula is C22H36N6O2. The molecule has 1 aliphatic rings. The van der Waals surface area contributed by atoms with E-state index in [1.807, 2.05) is 17.7 Å². The minimum Gasteiger partial charge on any atom is -0.468 e. The van der Waals surface area contributed by atoms with Crippen molar-refractivity contribution in [1.29, 1.82) is 0 Å². The van der Waals surface area contributed by atoms with Gasteiger partial charge in [0, 0.05) is 38.5 Å². The van der Waals surface area contributed by atoms with Crippen molar-refractivity contribution in [1.82, 2.24) is 25.3 Å². The molecule has 0 saturated carbocycles. The van der Waals surface area contributed by atoms with E-state index in [4.69, 9.17) is 9.15 Å². The molecule has 1 saturated heterocycles. The minimum atomic E-state index is 0.208. The molecular weight excluding hydrogens is 380 g/mol. The van der Waals surface area contributed by atoms with Gasteiger partial charge in [0.2, 0.25) is 0 Å². The van der Waals surface area contributed by atoms with Crippen LogP contribution in [0, 0.1) is 13.8 Å². The molecule has 2 N–H and O–H groups in total. The number of hydrogen-bond acceptors (Lipinski definition) is 5. The van der Waals surface area contributed by atoms with E-state index in [1.54, 1.807) is 20.4 Å². The van der Waals surface area contributed by atoms with Crippen LogP contribution in [0.5, 0.6) is 0 Å². The third-order valence-electron chi connectivity index (χ3n) is 5.86. The molecule has 0 amide bonds. The van der Waals surface area contributed by atoms with Crippen molar-refractivity contribution in [2.75, 3.05) is 40.4 Å². The highest BCUT2D eigenvalue weighted by molar-refractivity contribution is 5.79. The van der Waals surface area contributed by atoms with Gasteiger partial charge in [0.15, 0.2) is 5.96 Å². The summed E-state index contributed by atoms with van der Waals surface area (Å²) in [6, 6.07) is 4.24. The largest absolute Gasteiger partial charge is 0.468 e. The Hall–Kier alpha value is -2.32. The molecule has 166 valence electrons. The van der Waals surface area contributed by atoms with Crippen molar-refractivity contribution in [3.8, 4) is 0 Å². The first-order chi connectivity index (χ1) is 14.6. The maximum atomic E-state index is 5.75. The van der Waals surface area contributed by atoms with Gasteiger partial charge in [-0.15, -0.1) is 0 Å². The summed E-state index contributed by atoms with van der Waals surface area (Å²) < 4.78 is 12.9. The molecule has 0 radical (unpaired) electrons. The van der Waals surface area contributed by atoms with E-state index < -0.39 is 0 Å². The first-order valence-electron chi connectivity index (χ1n) is 10.9. The number of aliphatic imine (C=N–C) groups is 1. The van der Waals surface area contributed by atoms with Crippen molar-refractivity contribution in [2.45, 2.75) is 52.2 Å². The second-order valence-corrected chi connectivity index (χ2v) is 7.80. The van der Waals surface area contributed by atoms with Crippen LogP contribution in [0.2, 0.25) is 0 Å². The molecule has 1 fully saturated rings. The Balaban J connectivity index is 1.59. The molecule has 1 atom stereocenters. The number of rotatable bonds is 9. The lowest BCUT2D eigenvalue weighted by atomic mass is 10.1. The summed E-state index contributed by atoms with van der Waals surface area (Å²) in [5.74, 6) is 1.79. The van der Waals surface area contributed by atoms with Crippen molar-refractivity contribution >= 4 is 5.96 Å². The van der Waals surface area contributed by atoms with Crippen molar-refractivity contribution < 1.29 is 9.15 Å². The molecule has 3 heterocycles. The van der Waals surface area contributed by atoms with E-state index in [1.165, 1.54) is 24.8 Å². The zero-order valence-corrected chi connectivity index (χ0v) is 18.8. The molecule has 8 nitrogen and oxygen atoms in total. The molecule has 3 rings (SSSR count). The quantitative estimate of drug-likeness (QED) is 0.483. The first kappa shape index (κ1) is 22.4. The molecule has 1 unspecified atom stereocenters. The predicted octanol–water partition coefficient (Wildman–Crippen LogP) is 2.63. The third kappa shape index (κ3) is 5.64. The van der Waals surface area contributed by atoms with E-state index in [-0.39, 0.29) is 6.04 Å². The Morgan fingerprint density at radius 1 is 1.27 bits per heavy atom. The van der Waals surface area contributed by atoms with Crippen LogP contribution >= 0.6 is 0 Å². The van der Waals surface area contributed by atoms with Crippen LogP contribution < -0.4 is 10.6 Å². The van der Waals surface area contributed by atoms with Crippen LogP contribution in [-0.2, 0) is 17.8 Å². The van der Waals surface area contributed by atoms with Crippen LogP contribution in [0.3, 0.4) is 0 Å². The lowest BCUT2D eigenvalue weighted by molar-refractivity contribution is 0.146. The molecule has 2 aromatic rings. The van der Waals surface area contributed by atoms with Gasteiger partial charge in [-0.25, -0.2) is 0 Å².